The van der Waals surface area contributed by atoms with Gasteiger partial charge in [0, 0.05) is 25.1 Å². The van der Waals surface area contributed by atoms with Crippen LogP contribution in [0.4, 0.5) is 0 Å². The number of nitrogens with one attached hydrogen (secondary N) is 2. The normalized spacial score (nSPS) is 11.3. The predicted molar refractivity (Wildman–Crippen MR) is 147 cm³/mol. The molecule has 3 N–H and O–H groups in total. The molecule has 11 nitrogen and oxygen atoms in total. The van der Waals surface area contributed by atoms with Gasteiger partial charge in [-0.3, -0.25) is 9.59 Å². The van der Waals surface area contributed by atoms with Gasteiger partial charge in [0.05, 0.1) is 40.6 Å². The fraction of sp³-hybridized carbons (Fsp3) is 0.345. The van der Waals surface area contributed by atoms with Crippen molar-refractivity contribution < 1.29 is 38.4 Å². The maximum Gasteiger partial charge on any atom is 0.343 e. The minimum atomic E-state index is -0.993. The fourth-order valence-electron chi connectivity index (χ4n) is 4.31. The molecule has 1 amide bonds. The summed E-state index contributed by atoms with van der Waals surface area (Å²) in [4.78, 5) is 41.2. The molecule has 214 valence electrons. The predicted octanol–water partition coefficient (Wildman–Crippen LogP) is 3.17. The number of carbonyl (C=O) groups excluding carboxylic acids is 2. The van der Waals surface area contributed by atoms with Crippen LogP contribution in [0.15, 0.2) is 47.4 Å². The van der Waals surface area contributed by atoms with Crippen LogP contribution in [-0.4, -0.2) is 63.6 Å². The number of rotatable bonds is 13. The van der Waals surface area contributed by atoms with Crippen molar-refractivity contribution in [2.45, 2.75) is 25.7 Å². The Morgan fingerprint density at radius 1 is 0.975 bits per heavy atom. The topological polar surface area (TPSA) is 145 Å². The average molecular weight is 555 g/mol. The second-order valence-electron chi connectivity index (χ2n) is 8.68. The van der Waals surface area contributed by atoms with Gasteiger partial charge >= 0.3 is 5.97 Å². The van der Waals surface area contributed by atoms with Crippen LogP contribution >= 0.6 is 0 Å². The number of pyridine rings is 1. The summed E-state index contributed by atoms with van der Waals surface area (Å²) in [5.41, 5.74) is 0.342. The van der Waals surface area contributed by atoms with E-state index in [0.29, 0.717) is 35.8 Å². The number of aromatic amines is 1. The maximum atomic E-state index is 13.2. The number of aromatic hydroxyl groups is 1. The van der Waals surface area contributed by atoms with Gasteiger partial charge in [-0.15, -0.1) is 0 Å². The van der Waals surface area contributed by atoms with Crippen LogP contribution in [0.25, 0.3) is 0 Å². The van der Waals surface area contributed by atoms with Gasteiger partial charge in [0.15, 0.2) is 11.5 Å². The molecule has 0 spiro atoms. The zero-order valence-electron chi connectivity index (χ0n) is 23.2. The molecule has 3 rings (SSSR count). The number of ether oxygens (including phenoxy) is 5. The van der Waals surface area contributed by atoms with Gasteiger partial charge in [-0.2, -0.15) is 0 Å². The lowest BCUT2D eigenvalue weighted by Crippen LogP contribution is -2.29. The summed E-state index contributed by atoms with van der Waals surface area (Å²) in [5, 5.41) is 13.9. The molecule has 0 saturated carbocycles. The molecular weight excluding hydrogens is 520 g/mol. The molecule has 0 aliphatic rings. The number of H-pyrrole nitrogens is 1. The number of hydrogen-bond donors (Lipinski definition) is 3. The smallest absolute Gasteiger partial charge is 0.343 e. The van der Waals surface area contributed by atoms with Crippen molar-refractivity contribution in [3.05, 3.63) is 75.2 Å². The van der Waals surface area contributed by atoms with E-state index in [9.17, 15) is 19.5 Å². The van der Waals surface area contributed by atoms with Crippen LogP contribution in [0.2, 0.25) is 0 Å². The first-order valence-electron chi connectivity index (χ1n) is 12.6. The van der Waals surface area contributed by atoms with Crippen LogP contribution in [0.3, 0.4) is 0 Å². The molecule has 1 heterocycles. The first-order chi connectivity index (χ1) is 19.3. The minimum absolute atomic E-state index is 0.0691. The van der Waals surface area contributed by atoms with Crippen molar-refractivity contribution >= 4 is 11.9 Å². The third-order valence-electron chi connectivity index (χ3n) is 6.32. The van der Waals surface area contributed by atoms with Gasteiger partial charge in [-0.25, -0.2) is 4.79 Å². The largest absolute Gasteiger partial charge is 0.506 e. The third kappa shape index (κ3) is 6.85. The molecule has 0 radical (unpaired) electrons. The average Bonchev–Trinajstić information content (AvgIpc) is 2.96. The van der Waals surface area contributed by atoms with Crippen molar-refractivity contribution in [3.63, 3.8) is 0 Å². The van der Waals surface area contributed by atoms with E-state index in [0.717, 1.165) is 17.5 Å². The first-order valence-corrected chi connectivity index (χ1v) is 12.6. The zero-order chi connectivity index (χ0) is 29.2. The lowest BCUT2D eigenvalue weighted by molar-refractivity contribution is -0.121. The summed E-state index contributed by atoms with van der Waals surface area (Å²) < 4.78 is 26.5. The highest BCUT2D eigenvalue weighted by Crippen LogP contribution is 2.43. The number of hydrogen-bond acceptors (Lipinski definition) is 9. The summed E-state index contributed by atoms with van der Waals surface area (Å²) in [5.74, 6) is -1.14. The summed E-state index contributed by atoms with van der Waals surface area (Å²) in [7, 11) is 5.92. The van der Waals surface area contributed by atoms with Gasteiger partial charge in [0.25, 0.3) is 5.56 Å². The van der Waals surface area contributed by atoms with Crippen LogP contribution in [0, 0.1) is 0 Å². The van der Waals surface area contributed by atoms with Crippen LogP contribution in [-0.2, 0) is 16.0 Å². The van der Waals surface area contributed by atoms with Crippen LogP contribution in [0.5, 0.6) is 28.7 Å². The Balaban J connectivity index is 2.00. The summed E-state index contributed by atoms with van der Waals surface area (Å²) in [6.07, 6.45) is 1.42. The summed E-state index contributed by atoms with van der Waals surface area (Å²) in [6.45, 7) is 2.02. The Hall–Kier alpha value is -4.67. The Morgan fingerprint density at radius 2 is 1.62 bits per heavy atom. The number of methoxy groups -OCH3 is 4. The Labute approximate surface area is 232 Å². The van der Waals surface area contributed by atoms with E-state index in [-0.39, 0.29) is 30.1 Å². The zero-order valence-corrected chi connectivity index (χ0v) is 23.2. The van der Waals surface area contributed by atoms with Crippen molar-refractivity contribution in [1.82, 2.24) is 10.3 Å². The second kappa shape index (κ2) is 13.9. The fourth-order valence-corrected chi connectivity index (χ4v) is 4.31. The summed E-state index contributed by atoms with van der Waals surface area (Å²) in [6, 6.07) is 10.7. The second-order valence-corrected chi connectivity index (χ2v) is 8.68. The third-order valence-corrected chi connectivity index (χ3v) is 6.32. The molecule has 0 aliphatic carbocycles. The van der Waals surface area contributed by atoms with Gasteiger partial charge in [-0.1, -0.05) is 12.1 Å². The molecule has 40 heavy (non-hydrogen) atoms. The summed E-state index contributed by atoms with van der Waals surface area (Å²) >= 11 is 0. The highest BCUT2D eigenvalue weighted by Gasteiger charge is 2.30. The van der Waals surface area contributed by atoms with E-state index in [1.165, 1.54) is 21.3 Å². The molecular formula is C29H34N2O9. The maximum absolute atomic E-state index is 13.2. The number of esters is 1. The number of aromatic nitrogens is 1. The molecule has 3 aromatic rings. The molecule has 0 bridgehead atoms. The molecule has 0 aliphatic heterocycles. The number of amides is 1. The van der Waals surface area contributed by atoms with Crippen molar-refractivity contribution in [2.75, 3.05) is 41.6 Å². The SMILES string of the molecule is CCOC(=O)c1c[nH]c(=O)c([C@H](CC(=O)NCCc2ccc(OC)cc2)c2cc(OC)c(OC)c(OC)c2)c1O. The van der Waals surface area contributed by atoms with Gasteiger partial charge in [-0.05, 0) is 48.7 Å². The highest BCUT2D eigenvalue weighted by atomic mass is 16.5. The van der Waals surface area contributed by atoms with E-state index in [1.807, 2.05) is 24.3 Å². The molecule has 0 saturated heterocycles. The quantitative estimate of drug-likeness (QED) is 0.271. The molecule has 11 heteroatoms. The Morgan fingerprint density at radius 3 is 2.17 bits per heavy atom. The standard InChI is InChI=1S/C29H34N2O9/c1-6-40-29(35)21-16-31-28(34)25(26(21)33)20(18-13-22(37-3)27(39-5)23(14-18)38-4)15-24(32)30-12-11-17-7-9-19(36-2)10-8-17/h7-10,13-14,16,20H,6,11-12,15H2,1-5H3,(H,30,32)(H2,31,33,34)/t20-/m1/s1. The van der Waals surface area contributed by atoms with Gasteiger partial charge in [0.2, 0.25) is 11.7 Å². The Bertz CT molecular complexity index is 1360. The van der Waals surface area contributed by atoms with E-state index in [1.54, 1.807) is 26.2 Å². The Kier molecular flexibility index (Phi) is 10.4. The molecule has 1 atom stereocenters. The molecule has 0 unspecified atom stereocenters. The van der Waals surface area contributed by atoms with E-state index in [4.69, 9.17) is 23.7 Å². The highest BCUT2D eigenvalue weighted by molar-refractivity contribution is 5.92. The number of carbonyl (C=O) groups is 2. The van der Waals surface area contributed by atoms with E-state index >= 15 is 0 Å². The molecule has 2 aromatic carbocycles. The van der Waals surface area contributed by atoms with Crippen molar-refractivity contribution in [3.8, 4) is 28.7 Å². The van der Waals surface area contributed by atoms with Crippen LogP contribution < -0.4 is 29.8 Å². The molecule has 0 fully saturated rings. The van der Waals surface area contributed by atoms with Crippen molar-refractivity contribution in [1.29, 1.82) is 0 Å². The first kappa shape index (κ1) is 29.9. The lowest BCUT2D eigenvalue weighted by atomic mass is 9.87. The van der Waals surface area contributed by atoms with Crippen LogP contribution in [0.1, 0.15) is 46.3 Å². The lowest BCUT2D eigenvalue weighted by Gasteiger charge is -2.22. The van der Waals surface area contributed by atoms with Gasteiger partial charge in [0.1, 0.15) is 17.1 Å². The van der Waals surface area contributed by atoms with E-state index < -0.39 is 23.2 Å². The molecule has 1 aromatic heterocycles. The minimum Gasteiger partial charge on any atom is -0.506 e. The van der Waals surface area contributed by atoms with Gasteiger partial charge < -0.3 is 39.1 Å². The monoisotopic (exact) mass is 554 g/mol. The van der Waals surface area contributed by atoms with Crippen molar-refractivity contribution in [2.24, 2.45) is 0 Å². The number of benzene rings is 2. The van der Waals surface area contributed by atoms with E-state index in [2.05, 4.69) is 10.3 Å².